The Bertz CT molecular complexity index is 1670. The van der Waals surface area contributed by atoms with E-state index in [0.29, 0.717) is 6.61 Å². The highest BCUT2D eigenvalue weighted by Gasteiger charge is 2.22. The quantitative estimate of drug-likeness (QED) is 0.272. The van der Waals surface area contributed by atoms with Crippen molar-refractivity contribution in [1.29, 1.82) is 0 Å². The number of aliphatic carboxylic acids is 1. The van der Waals surface area contributed by atoms with E-state index in [-0.39, 0.29) is 6.42 Å². The zero-order valence-corrected chi connectivity index (χ0v) is 22.7. The molecule has 0 radical (unpaired) electrons. The zero-order chi connectivity index (χ0) is 27.7. The molecule has 39 heavy (non-hydrogen) atoms. The van der Waals surface area contributed by atoms with Gasteiger partial charge in [0.25, 0.3) is 0 Å². The molecule has 1 aliphatic heterocycles. The van der Waals surface area contributed by atoms with Crippen LogP contribution in [0.5, 0.6) is 5.75 Å². The molecule has 0 fully saturated rings. The smallest absolute Gasteiger partial charge is 0.307 e. The Morgan fingerprint density at radius 2 is 1.77 bits per heavy atom. The summed E-state index contributed by atoms with van der Waals surface area (Å²) >= 11 is 0. The Morgan fingerprint density at radius 1 is 1.03 bits per heavy atom. The van der Waals surface area contributed by atoms with Crippen LogP contribution >= 0.6 is 0 Å². The maximum absolute atomic E-state index is 11.9. The highest BCUT2D eigenvalue weighted by molar-refractivity contribution is 6.08. The first-order valence-electron chi connectivity index (χ1n) is 13.1. The van der Waals surface area contributed by atoms with E-state index in [4.69, 9.17) is 19.8 Å². The number of benzene rings is 3. The first-order chi connectivity index (χ1) is 18.6. The summed E-state index contributed by atoms with van der Waals surface area (Å²) in [4.78, 5) is 21.6. The normalized spacial score (nSPS) is 12.5. The van der Waals surface area contributed by atoms with Crippen LogP contribution in [-0.2, 0) is 17.6 Å². The molecule has 3 aromatic carbocycles. The maximum Gasteiger partial charge on any atom is 0.307 e. The number of carboxylic acids is 1. The van der Waals surface area contributed by atoms with E-state index >= 15 is 0 Å². The molecule has 1 aliphatic rings. The summed E-state index contributed by atoms with van der Waals surface area (Å²) in [7, 11) is 0. The number of nitrogens with zero attached hydrogens (tertiary/aromatic N) is 2. The summed E-state index contributed by atoms with van der Waals surface area (Å²) in [5.41, 5.74) is 7.77. The average molecular weight is 521 g/mol. The first-order valence-corrected chi connectivity index (χ1v) is 13.1. The topological polar surface area (TPSA) is 92.5 Å². The second-order valence-electron chi connectivity index (χ2n) is 10.8. The molecule has 6 nitrogen and oxygen atoms in total. The van der Waals surface area contributed by atoms with Crippen molar-refractivity contribution in [3.8, 4) is 28.1 Å². The number of carbonyl (C=O) groups is 1. The summed E-state index contributed by atoms with van der Waals surface area (Å²) in [5, 5.41) is 20.2. The van der Waals surface area contributed by atoms with Crippen molar-refractivity contribution in [2.45, 2.75) is 46.1 Å². The lowest BCUT2D eigenvalue weighted by molar-refractivity contribution is -0.136. The number of pyridine rings is 2. The fourth-order valence-corrected chi connectivity index (χ4v) is 5.01. The molecule has 3 heterocycles. The second kappa shape index (κ2) is 10.5. The van der Waals surface area contributed by atoms with Crippen molar-refractivity contribution in [2.75, 3.05) is 6.61 Å². The van der Waals surface area contributed by atoms with Crippen molar-refractivity contribution in [2.24, 2.45) is 0 Å². The molecular formula is C33H32N2O4. The van der Waals surface area contributed by atoms with E-state index in [1.54, 1.807) is 20.8 Å². The zero-order valence-electron chi connectivity index (χ0n) is 22.7. The lowest BCUT2D eigenvalue weighted by atomic mass is 9.87. The molecule has 0 bridgehead atoms. The Hall–Kier alpha value is -4.29. The van der Waals surface area contributed by atoms with Crippen molar-refractivity contribution in [3.63, 3.8) is 0 Å². The van der Waals surface area contributed by atoms with E-state index in [0.717, 1.165) is 67.5 Å². The fourth-order valence-electron chi connectivity index (χ4n) is 5.01. The molecule has 0 amide bonds. The number of ether oxygens (including phenoxy) is 1. The van der Waals surface area contributed by atoms with Gasteiger partial charge in [-0.2, -0.15) is 0 Å². The molecule has 5 aromatic rings. The standard InChI is InChI=1S/C29H22N2O3.C4H10O/c1-17-15-24-20(7-9-23(31-24)18-5-3-2-4-6-18)28(22(17)16-26(32)33)21-8-10-25-27-19(12-14-34-25)11-13-30-29(21)27;1-4(2,3)5/h2-11,13,15H,12,14,16H2,1H3,(H,32,33);5H,1-3H3. The molecule has 6 rings (SSSR count). The highest BCUT2D eigenvalue weighted by atomic mass is 16.5. The van der Waals surface area contributed by atoms with Crippen molar-refractivity contribution >= 4 is 27.8 Å². The van der Waals surface area contributed by atoms with E-state index in [2.05, 4.69) is 6.07 Å². The molecule has 0 unspecified atom stereocenters. The van der Waals surface area contributed by atoms with Crippen LogP contribution in [0, 0.1) is 6.92 Å². The number of rotatable bonds is 4. The number of aliphatic hydroxyl groups is 1. The van der Waals surface area contributed by atoms with Gasteiger partial charge in [-0.1, -0.05) is 36.4 Å². The molecule has 0 saturated heterocycles. The van der Waals surface area contributed by atoms with Crippen LogP contribution in [0.25, 0.3) is 44.2 Å². The Balaban J connectivity index is 0.000000567. The van der Waals surface area contributed by atoms with Gasteiger partial charge in [0.1, 0.15) is 5.75 Å². The third kappa shape index (κ3) is 5.61. The lowest BCUT2D eigenvalue weighted by Gasteiger charge is -2.21. The van der Waals surface area contributed by atoms with Gasteiger partial charge in [0.15, 0.2) is 0 Å². The number of hydrogen-bond acceptors (Lipinski definition) is 5. The summed E-state index contributed by atoms with van der Waals surface area (Å²) < 4.78 is 5.91. The maximum atomic E-state index is 11.9. The molecule has 2 aromatic heterocycles. The Kier molecular flexibility index (Phi) is 7.06. The summed E-state index contributed by atoms with van der Waals surface area (Å²) in [5.74, 6) is -0.0362. The monoisotopic (exact) mass is 520 g/mol. The first kappa shape index (κ1) is 26.3. The van der Waals surface area contributed by atoms with Crippen LogP contribution in [0.3, 0.4) is 0 Å². The lowest BCUT2D eigenvalue weighted by Crippen LogP contribution is -2.10. The second-order valence-corrected chi connectivity index (χ2v) is 10.8. The highest BCUT2D eigenvalue weighted by Crippen LogP contribution is 2.42. The largest absolute Gasteiger partial charge is 0.493 e. The average Bonchev–Trinajstić information content (AvgIpc) is 2.89. The minimum absolute atomic E-state index is 0.0724. The SMILES string of the molecule is CC(C)(C)O.Cc1cc2nc(-c3ccccc3)ccc2c(-c2ccc3c4c(ccnc24)CCO3)c1CC(=O)O. The minimum Gasteiger partial charge on any atom is -0.493 e. The molecular weight excluding hydrogens is 488 g/mol. The van der Waals surface area contributed by atoms with Gasteiger partial charge >= 0.3 is 5.97 Å². The van der Waals surface area contributed by atoms with E-state index < -0.39 is 11.6 Å². The minimum atomic E-state index is -0.864. The number of carboxylic acid groups (broad SMARTS) is 1. The number of hydrogen-bond donors (Lipinski definition) is 2. The number of fused-ring (bicyclic) bond motifs is 1. The van der Waals surface area contributed by atoms with Crippen LogP contribution in [0.2, 0.25) is 0 Å². The fraction of sp³-hybridized carbons (Fsp3) is 0.242. The molecule has 2 N–H and O–H groups in total. The van der Waals surface area contributed by atoms with Gasteiger partial charge < -0.3 is 14.9 Å². The van der Waals surface area contributed by atoms with Gasteiger partial charge in [0.05, 0.1) is 35.4 Å². The molecule has 0 atom stereocenters. The van der Waals surface area contributed by atoms with Crippen LogP contribution in [-0.4, -0.2) is 38.4 Å². The third-order valence-corrected chi connectivity index (χ3v) is 6.56. The molecule has 0 aliphatic carbocycles. The van der Waals surface area contributed by atoms with Crippen molar-refractivity contribution < 1.29 is 19.7 Å². The van der Waals surface area contributed by atoms with Gasteiger partial charge in [-0.15, -0.1) is 0 Å². The Labute approximate surface area is 227 Å². The van der Waals surface area contributed by atoms with Gasteiger partial charge in [-0.3, -0.25) is 9.78 Å². The molecule has 6 heteroatoms. The van der Waals surface area contributed by atoms with Crippen molar-refractivity contribution in [1.82, 2.24) is 9.97 Å². The van der Waals surface area contributed by atoms with E-state index in [1.807, 2.05) is 73.8 Å². The van der Waals surface area contributed by atoms with Gasteiger partial charge in [-0.25, -0.2) is 4.98 Å². The van der Waals surface area contributed by atoms with Gasteiger partial charge in [0, 0.05) is 34.5 Å². The number of aryl methyl sites for hydroxylation is 1. The van der Waals surface area contributed by atoms with E-state index in [1.165, 1.54) is 5.56 Å². The molecule has 198 valence electrons. The third-order valence-electron chi connectivity index (χ3n) is 6.56. The summed E-state index contributed by atoms with van der Waals surface area (Å²) in [6.45, 7) is 7.84. The van der Waals surface area contributed by atoms with Crippen molar-refractivity contribution in [3.05, 3.63) is 89.6 Å². The summed E-state index contributed by atoms with van der Waals surface area (Å²) in [6, 6.07) is 22.1. The van der Waals surface area contributed by atoms with E-state index in [9.17, 15) is 9.90 Å². The van der Waals surface area contributed by atoms with Crippen LogP contribution in [0.1, 0.15) is 37.5 Å². The van der Waals surface area contributed by atoms with Crippen LogP contribution in [0.15, 0.2) is 72.9 Å². The van der Waals surface area contributed by atoms with Crippen LogP contribution in [0.4, 0.5) is 0 Å². The summed E-state index contributed by atoms with van der Waals surface area (Å²) in [6.07, 6.45) is 2.59. The molecule has 0 saturated carbocycles. The van der Waals surface area contributed by atoms with Gasteiger partial charge in [-0.05, 0) is 80.3 Å². The number of aromatic nitrogens is 2. The van der Waals surface area contributed by atoms with Gasteiger partial charge in [0.2, 0.25) is 0 Å². The Morgan fingerprint density at radius 3 is 2.49 bits per heavy atom. The predicted octanol–water partition coefficient (Wildman–Crippen LogP) is 6.76. The molecule has 0 spiro atoms. The predicted molar refractivity (Wildman–Crippen MR) is 155 cm³/mol. The van der Waals surface area contributed by atoms with Crippen LogP contribution < -0.4 is 4.74 Å².